The summed E-state index contributed by atoms with van der Waals surface area (Å²) in [4.78, 5) is 36.1. The van der Waals surface area contributed by atoms with E-state index in [2.05, 4.69) is 0 Å². The molecule has 118 valence electrons. The van der Waals surface area contributed by atoms with Gasteiger partial charge in [-0.05, 0) is 12.0 Å². The highest BCUT2D eigenvalue weighted by atomic mass is 35.5. The molecule has 0 spiro atoms. The smallest absolute Gasteiger partial charge is 0.413 e. The van der Waals surface area contributed by atoms with Crippen LogP contribution in [0.25, 0.3) is 0 Å². The zero-order chi connectivity index (χ0) is 15.9. The number of ketones is 1. The van der Waals surface area contributed by atoms with Gasteiger partial charge in [0, 0.05) is 6.42 Å². The molecule has 1 aliphatic heterocycles. The number of hydrogen-bond acceptors (Lipinski definition) is 5. The molecule has 2 rings (SSSR count). The predicted octanol–water partition coefficient (Wildman–Crippen LogP) is 2.10. The molecular formula is C15H16ClNO5. The molecule has 1 aromatic carbocycles. The standard InChI is InChI=1S/C15H16ClNO5/c16-8-12(18)6-7-13-14(19)22-10-17(13)15(20)21-9-11-4-2-1-3-5-11/h1-5,13H,6-10H2/t13-/m0/s1. The van der Waals surface area contributed by atoms with Crippen LogP contribution in [0, 0.1) is 0 Å². The number of rotatable bonds is 6. The average molecular weight is 326 g/mol. The molecule has 0 unspecified atom stereocenters. The molecule has 1 aromatic rings. The number of carbonyl (C=O) groups excluding carboxylic acids is 3. The zero-order valence-corrected chi connectivity index (χ0v) is 12.6. The maximum Gasteiger partial charge on any atom is 0.413 e. The molecule has 1 amide bonds. The van der Waals surface area contributed by atoms with E-state index in [0.29, 0.717) is 0 Å². The van der Waals surface area contributed by atoms with E-state index in [4.69, 9.17) is 21.1 Å². The molecule has 7 heteroatoms. The lowest BCUT2D eigenvalue weighted by Gasteiger charge is -2.19. The zero-order valence-electron chi connectivity index (χ0n) is 11.9. The van der Waals surface area contributed by atoms with E-state index in [9.17, 15) is 14.4 Å². The number of nitrogens with zero attached hydrogens (tertiary/aromatic N) is 1. The van der Waals surface area contributed by atoms with Gasteiger partial charge < -0.3 is 9.47 Å². The number of Topliss-reactive ketones (excluding diaryl/α,β-unsaturated/α-hetero) is 1. The molecule has 1 heterocycles. The maximum absolute atomic E-state index is 12.0. The molecule has 6 nitrogen and oxygen atoms in total. The summed E-state index contributed by atoms with van der Waals surface area (Å²) in [6.07, 6.45) is -0.339. The minimum atomic E-state index is -0.796. The number of cyclic esters (lactones) is 1. The van der Waals surface area contributed by atoms with Crippen molar-refractivity contribution in [1.82, 2.24) is 4.90 Å². The lowest BCUT2D eigenvalue weighted by Crippen LogP contribution is -2.38. The summed E-state index contributed by atoms with van der Waals surface area (Å²) in [5.41, 5.74) is 0.844. The van der Waals surface area contributed by atoms with Crippen molar-refractivity contribution in [2.24, 2.45) is 0 Å². The largest absolute Gasteiger partial charge is 0.444 e. The Morgan fingerprint density at radius 1 is 1.32 bits per heavy atom. The van der Waals surface area contributed by atoms with Crippen molar-refractivity contribution in [3.63, 3.8) is 0 Å². The molecule has 0 N–H and O–H groups in total. The summed E-state index contributed by atoms with van der Waals surface area (Å²) in [7, 11) is 0. The third kappa shape index (κ3) is 4.21. The minimum Gasteiger partial charge on any atom is -0.444 e. The molecular weight excluding hydrogens is 310 g/mol. The highest BCUT2D eigenvalue weighted by molar-refractivity contribution is 6.27. The van der Waals surface area contributed by atoms with Crippen molar-refractivity contribution in [3.05, 3.63) is 35.9 Å². The Hall–Kier alpha value is -2.08. The topological polar surface area (TPSA) is 72.9 Å². The second-order valence-corrected chi connectivity index (χ2v) is 5.10. The summed E-state index contributed by atoms with van der Waals surface area (Å²) >= 11 is 5.42. The van der Waals surface area contributed by atoms with Crippen molar-refractivity contribution < 1.29 is 23.9 Å². The van der Waals surface area contributed by atoms with Crippen molar-refractivity contribution in [1.29, 1.82) is 0 Å². The van der Waals surface area contributed by atoms with Crippen LogP contribution < -0.4 is 0 Å². The number of alkyl halides is 1. The normalized spacial score (nSPS) is 17.2. The monoisotopic (exact) mass is 325 g/mol. The summed E-state index contributed by atoms with van der Waals surface area (Å²) < 4.78 is 10.0. The highest BCUT2D eigenvalue weighted by Gasteiger charge is 2.38. The molecule has 0 aromatic heterocycles. The molecule has 22 heavy (non-hydrogen) atoms. The summed E-state index contributed by atoms with van der Waals surface area (Å²) in [6, 6.07) is 8.40. The summed E-state index contributed by atoms with van der Waals surface area (Å²) in [5, 5.41) is 0. The van der Waals surface area contributed by atoms with E-state index in [-0.39, 0.29) is 37.8 Å². The number of esters is 1. The number of ether oxygens (including phenoxy) is 2. The van der Waals surface area contributed by atoms with Crippen molar-refractivity contribution in [2.45, 2.75) is 25.5 Å². The second-order valence-electron chi connectivity index (χ2n) is 4.83. The van der Waals surface area contributed by atoms with E-state index in [1.54, 1.807) is 0 Å². The molecule has 0 aliphatic carbocycles. The van der Waals surface area contributed by atoms with Crippen LogP contribution >= 0.6 is 11.6 Å². The van der Waals surface area contributed by atoms with Crippen molar-refractivity contribution >= 4 is 29.4 Å². The third-order valence-corrected chi connectivity index (χ3v) is 3.58. The van der Waals surface area contributed by atoms with E-state index in [1.807, 2.05) is 30.3 Å². The van der Waals surface area contributed by atoms with Gasteiger partial charge in [0.15, 0.2) is 6.73 Å². The number of benzene rings is 1. The molecule has 1 fully saturated rings. The minimum absolute atomic E-state index is 0.109. The van der Waals surface area contributed by atoms with Crippen LogP contribution in [0.1, 0.15) is 18.4 Å². The SMILES string of the molecule is O=C(CCl)CC[C@H]1C(=O)OCN1C(=O)OCc1ccccc1. The van der Waals surface area contributed by atoms with Gasteiger partial charge in [-0.2, -0.15) is 0 Å². The van der Waals surface area contributed by atoms with Crippen LogP contribution in [0.3, 0.4) is 0 Å². The summed E-state index contributed by atoms with van der Waals surface area (Å²) in [5.74, 6) is -0.821. The van der Waals surface area contributed by atoms with Crippen LogP contribution in [0.4, 0.5) is 4.79 Å². The first-order chi connectivity index (χ1) is 10.6. The lowest BCUT2D eigenvalue weighted by atomic mass is 10.1. The van der Waals surface area contributed by atoms with Crippen LogP contribution in [-0.2, 0) is 25.7 Å². The van der Waals surface area contributed by atoms with Crippen LogP contribution in [-0.4, -0.2) is 41.4 Å². The van der Waals surface area contributed by atoms with Gasteiger partial charge in [-0.3, -0.25) is 9.69 Å². The highest BCUT2D eigenvalue weighted by Crippen LogP contribution is 2.18. The Kier molecular flexibility index (Phi) is 5.77. The Bertz CT molecular complexity index is 548. The van der Waals surface area contributed by atoms with Gasteiger partial charge in [0.2, 0.25) is 0 Å². The van der Waals surface area contributed by atoms with Gasteiger partial charge in [-0.15, -0.1) is 11.6 Å². The first-order valence-corrected chi connectivity index (χ1v) is 7.37. The fourth-order valence-corrected chi connectivity index (χ4v) is 2.20. The third-order valence-electron chi connectivity index (χ3n) is 3.28. The Labute approximate surface area is 132 Å². The fourth-order valence-electron chi connectivity index (χ4n) is 2.07. The van der Waals surface area contributed by atoms with E-state index >= 15 is 0 Å². The van der Waals surface area contributed by atoms with Gasteiger partial charge in [-0.1, -0.05) is 30.3 Å². The van der Waals surface area contributed by atoms with Crippen LogP contribution in [0.5, 0.6) is 0 Å². The van der Waals surface area contributed by atoms with Gasteiger partial charge in [0.05, 0.1) is 5.88 Å². The van der Waals surface area contributed by atoms with Gasteiger partial charge in [-0.25, -0.2) is 9.59 Å². The maximum atomic E-state index is 12.0. The second kappa shape index (κ2) is 7.79. The number of hydrogen-bond donors (Lipinski definition) is 0. The first-order valence-electron chi connectivity index (χ1n) is 6.83. The van der Waals surface area contributed by atoms with E-state index in [1.165, 1.54) is 4.90 Å². The van der Waals surface area contributed by atoms with E-state index in [0.717, 1.165) is 5.56 Å². The lowest BCUT2D eigenvalue weighted by molar-refractivity contribution is -0.139. The van der Waals surface area contributed by atoms with Gasteiger partial charge >= 0.3 is 12.1 Å². The Morgan fingerprint density at radius 2 is 2.05 bits per heavy atom. The van der Waals surface area contributed by atoms with Crippen molar-refractivity contribution in [3.8, 4) is 0 Å². The fraction of sp³-hybridized carbons (Fsp3) is 0.400. The predicted molar refractivity (Wildman–Crippen MR) is 78.2 cm³/mol. The average Bonchev–Trinajstić information content (AvgIpc) is 2.92. The van der Waals surface area contributed by atoms with Crippen LogP contribution in [0.15, 0.2) is 30.3 Å². The van der Waals surface area contributed by atoms with Crippen LogP contribution in [0.2, 0.25) is 0 Å². The molecule has 0 bridgehead atoms. The number of carbonyl (C=O) groups is 3. The number of halogens is 1. The van der Waals surface area contributed by atoms with Crippen molar-refractivity contribution in [2.75, 3.05) is 12.6 Å². The Balaban J connectivity index is 1.89. The molecule has 0 saturated carbocycles. The van der Waals surface area contributed by atoms with Gasteiger partial charge in [0.1, 0.15) is 18.4 Å². The summed E-state index contributed by atoms with van der Waals surface area (Å²) in [6.45, 7) is -0.0517. The molecule has 1 aliphatic rings. The quantitative estimate of drug-likeness (QED) is 0.591. The number of amides is 1. The molecule has 1 atom stereocenters. The van der Waals surface area contributed by atoms with Gasteiger partial charge in [0.25, 0.3) is 0 Å². The molecule has 0 radical (unpaired) electrons. The Morgan fingerprint density at radius 3 is 2.73 bits per heavy atom. The first kappa shape index (κ1) is 16.3. The van der Waals surface area contributed by atoms with E-state index < -0.39 is 18.1 Å². The molecule has 1 saturated heterocycles.